The number of benzene rings is 2. The first-order valence-corrected chi connectivity index (χ1v) is 12.7. The first-order chi connectivity index (χ1) is 17.8. The van der Waals surface area contributed by atoms with Crippen LogP contribution in [0, 0.1) is 5.92 Å². The van der Waals surface area contributed by atoms with Gasteiger partial charge in [-0.3, -0.25) is 9.59 Å². The Balaban J connectivity index is 1.69. The van der Waals surface area contributed by atoms with Gasteiger partial charge < -0.3 is 34.9 Å². The zero-order valence-electron chi connectivity index (χ0n) is 22.1. The molecule has 1 fully saturated rings. The molecule has 2 aromatic rings. The number of aliphatic hydroxyl groups excluding tert-OH is 1. The molecule has 0 bridgehead atoms. The molecule has 0 spiro atoms. The van der Waals surface area contributed by atoms with E-state index in [1.165, 1.54) is 0 Å². The predicted molar refractivity (Wildman–Crippen MR) is 141 cm³/mol. The zero-order chi connectivity index (χ0) is 26.8. The molecule has 3 atom stereocenters. The van der Waals surface area contributed by atoms with Crippen molar-refractivity contribution in [2.24, 2.45) is 5.92 Å². The first-order valence-electron chi connectivity index (χ1n) is 12.7. The lowest BCUT2D eigenvalue weighted by molar-refractivity contribution is -0.130. The van der Waals surface area contributed by atoms with E-state index in [0.717, 1.165) is 6.42 Å². The molecular formula is C28H39N3O6. The molecule has 9 nitrogen and oxygen atoms in total. The van der Waals surface area contributed by atoms with Crippen molar-refractivity contribution in [3.8, 4) is 11.5 Å². The summed E-state index contributed by atoms with van der Waals surface area (Å²) in [6.07, 6.45) is -0.525. The summed E-state index contributed by atoms with van der Waals surface area (Å²) in [6.45, 7) is 6.64. The number of rotatable bonds is 13. The summed E-state index contributed by atoms with van der Waals surface area (Å²) < 4.78 is 16.3. The molecule has 1 aliphatic rings. The molecule has 0 aromatic heterocycles. The van der Waals surface area contributed by atoms with Crippen molar-refractivity contribution in [3.05, 3.63) is 59.7 Å². The monoisotopic (exact) mass is 513 g/mol. The topological polar surface area (TPSA) is 109 Å². The van der Waals surface area contributed by atoms with Crippen LogP contribution in [0.5, 0.6) is 11.5 Å². The highest BCUT2D eigenvalue weighted by Gasteiger charge is 2.34. The summed E-state index contributed by atoms with van der Waals surface area (Å²) in [7, 11) is 3.21. The van der Waals surface area contributed by atoms with Crippen molar-refractivity contribution in [1.82, 2.24) is 15.5 Å². The highest BCUT2D eigenvalue weighted by atomic mass is 16.5. The zero-order valence-corrected chi connectivity index (χ0v) is 22.1. The van der Waals surface area contributed by atoms with Crippen molar-refractivity contribution in [3.63, 3.8) is 0 Å². The lowest BCUT2D eigenvalue weighted by Crippen LogP contribution is -2.48. The Morgan fingerprint density at radius 1 is 1.08 bits per heavy atom. The van der Waals surface area contributed by atoms with Crippen LogP contribution in [0.2, 0.25) is 0 Å². The van der Waals surface area contributed by atoms with Crippen LogP contribution in [0.4, 0.5) is 0 Å². The third kappa shape index (κ3) is 7.67. The molecule has 37 heavy (non-hydrogen) atoms. The van der Waals surface area contributed by atoms with Crippen LogP contribution >= 0.6 is 0 Å². The van der Waals surface area contributed by atoms with E-state index >= 15 is 0 Å². The predicted octanol–water partition coefficient (Wildman–Crippen LogP) is 2.40. The smallest absolute Gasteiger partial charge is 0.254 e. The van der Waals surface area contributed by atoms with Crippen molar-refractivity contribution in [2.45, 2.75) is 38.5 Å². The fourth-order valence-electron chi connectivity index (χ4n) is 4.40. The van der Waals surface area contributed by atoms with E-state index in [-0.39, 0.29) is 23.9 Å². The molecule has 1 unspecified atom stereocenters. The van der Waals surface area contributed by atoms with Crippen LogP contribution in [0.15, 0.2) is 48.5 Å². The molecule has 2 aromatic carbocycles. The number of nitrogens with one attached hydrogen (secondary N) is 2. The van der Waals surface area contributed by atoms with Gasteiger partial charge in [-0.15, -0.1) is 0 Å². The molecule has 9 heteroatoms. The molecule has 0 radical (unpaired) electrons. The van der Waals surface area contributed by atoms with Crippen molar-refractivity contribution in [2.75, 3.05) is 47.1 Å². The number of carbonyl (C=O) groups excluding carboxylic acids is 2. The lowest BCUT2D eigenvalue weighted by Gasteiger charge is -2.32. The van der Waals surface area contributed by atoms with Crippen LogP contribution in [0.1, 0.15) is 42.3 Å². The molecule has 2 amide bonds. The molecule has 3 N–H and O–H groups in total. The second-order valence-electron chi connectivity index (χ2n) is 9.46. The molecule has 1 saturated heterocycles. The van der Waals surface area contributed by atoms with Gasteiger partial charge in [0.2, 0.25) is 0 Å². The molecule has 0 saturated carbocycles. The maximum Gasteiger partial charge on any atom is 0.254 e. The molecule has 1 heterocycles. The minimum atomic E-state index is -1.24. The normalized spacial score (nSPS) is 17.9. The van der Waals surface area contributed by atoms with Gasteiger partial charge in [-0.1, -0.05) is 30.3 Å². The molecular weight excluding hydrogens is 474 g/mol. The molecule has 202 valence electrons. The minimum Gasteiger partial charge on any atom is -0.493 e. The Hall–Kier alpha value is -3.14. The summed E-state index contributed by atoms with van der Waals surface area (Å²) in [6, 6.07) is 13.8. The summed E-state index contributed by atoms with van der Waals surface area (Å²) in [5.41, 5.74) is 1.04. The van der Waals surface area contributed by atoms with E-state index in [1.54, 1.807) is 61.6 Å². The fraction of sp³-hybridized carbons (Fsp3) is 0.500. The van der Waals surface area contributed by atoms with Gasteiger partial charge in [0, 0.05) is 63.3 Å². The molecule has 3 rings (SSSR count). The van der Waals surface area contributed by atoms with Crippen LogP contribution in [0.25, 0.3) is 0 Å². The lowest BCUT2D eigenvalue weighted by atomic mass is 10.0. The summed E-state index contributed by atoms with van der Waals surface area (Å²) in [5, 5.41) is 16.8. The maximum atomic E-state index is 13.6. The Morgan fingerprint density at radius 2 is 1.84 bits per heavy atom. The second kappa shape index (κ2) is 14.0. The van der Waals surface area contributed by atoms with Crippen molar-refractivity contribution < 1.29 is 28.9 Å². The van der Waals surface area contributed by atoms with E-state index in [4.69, 9.17) is 14.2 Å². The van der Waals surface area contributed by atoms with E-state index in [1.807, 2.05) is 19.9 Å². The summed E-state index contributed by atoms with van der Waals surface area (Å²) in [5.74, 6) is 0.486. The number of aliphatic hydroxyl groups is 1. The van der Waals surface area contributed by atoms with Gasteiger partial charge in [0.25, 0.3) is 11.8 Å². The average molecular weight is 514 g/mol. The minimum absolute atomic E-state index is 0.0127. The van der Waals surface area contributed by atoms with Gasteiger partial charge in [-0.25, -0.2) is 0 Å². The highest BCUT2D eigenvalue weighted by molar-refractivity contribution is 5.95. The summed E-state index contributed by atoms with van der Waals surface area (Å²) in [4.78, 5) is 28.1. The van der Waals surface area contributed by atoms with Gasteiger partial charge >= 0.3 is 0 Å². The average Bonchev–Trinajstić information content (AvgIpc) is 3.35. The number of ether oxygens (including phenoxy) is 3. The fourth-order valence-corrected chi connectivity index (χ4v) is 4.40. The SMILES string of the molecule is COCCCOc1cc(C(=O)N(C[C@@H]2CNC[C@H]2NC(=O)C(O)c2ccccc2)C(C)C)ccc1OC. The number of nitrogens with zero attached hydrogens (tertiary/aromatic N) is 1. The van der Waals surface area contributed by atoms with E-state index in [2.05, 4.69) is 10.6 Å². The Kier molecular flexibility index (Phi) is 10.7. The van der Waals surface area contributed by atoms with Crippen LogP contribution < -0.4 is 20.1 Å². The maximum absolute atomic E-state index is 13.6. The number of methoxy groups -OCH3 is 2. The quantitative estimate of drug-likeness (QED) is 0.353. The standard InChI is InChI=1S/C28H39N3O6/c1-19(2)31(28(34)21-11-12-24(36-4)25(15-21)37-14-8-13-35-3)18-22-16-29-17-23(22)30-27(33)26(32)20-9-6-5-7-10-20/h5-7,9-12,15,19,22-23,26,29,32H,8,13-14,16-18H2,1-4H3,(H,30,33)/t22-,23+,26?/m0/s1. The van der Waals surface area contributed by atoms with Gasteiger partial charge in [0.15, 0.2) is 17.6 Å². The third-order valence-corrected chi connectivity index (χ3v) is 6.51. The van der Waals surface area contributed by atoms with Crippen molar-refractivity contribution >= 4 is 11.8 Å². The largest absolute Gasteiger partial charge is 0.493 e. The van der Waals surface area contributed by atoms with Crippen molar-refractivity contribution in [1.29, 1.82) is 0 Å². The van der Waals surface area contributed by atoms with E-state index in [0.29, 0.717) is 55.5 Å². The summed E-state index contributed by atoms with van der Waals surface area (Å²) >= 11 is 0. The van der Waals surface area contributed by atoms with Crippen LogP contribution in [-0.4, -0.2) is 81.0 Å². The Labute approximate surface area is 219 Å². The van der Waals surface area contributed by atoms with Gasteiger partial charge in [0.05, 0.1) is 13.7 Å². The van der Waals surface area contributed by atoms with Crippen LogP contribution in [0.3, 0.4) is 0 Å². The molecule has 1 aliphatic heterocycles. The second-order valence-corrected chi connectivity index (χ2v) is 9.46. The van der Waals surface area contributed by atoms with Crippen LogP contribution in [-0.2, 0) is 9.53 Å². The number of carbonyl (C=O) groups is 2. The van der Waals surface area contributed by atoms with Gasteiger partial charge in [-0.05, 0) is 37.6 Å². The Morgan fingerprint density at radius 3 is 2.51 bits per heavy atom. The number of amides is 2. The first kappa shape index (κ1) is 28.4. The number of hydrogen-bond donors (Lipinski definition) is 3. The third-order valence-electron chi connectivity index (χ3n) is 6.51. The van der Waals surface area contributed by atoms with E-state index < -0.39 is 12.0 Å². The van der Waals surface area contributed by atoms with Gasteiger partial charge in [-0.2, -0.15) is 0 Å². The highest BCUT2D eigenvalue weighted by Crippen LogP contribution is 2.29. The van der Waals surface area contributed by atoms with E-state index in [9.17, 15) is 14.7 Å². The van der Waals surface area contributed by atoms with Gasteiger partial charge in [0.1, 0.15) is 0 Å². The number of hydrogen-bond acceptors (Lipinski definition) is 7. The Bertz CT molecular complexity index is 1020. The molecule has 0 aliphatic carbocycles.